The number of carbonyl (C=O) groups is 1. The number of likely N-dealkylation sites (tertiary alicyclic amines) is 1. The van der Waals surface area contributed by atoms with Crippen LogP contribution in [0.2, 0.25) is 0 Å². The van der Waals surface area contributed by atoms with Crippen LogP contribution in [0.1, 0.15) is 46.0 Å². The van der Waals surface area contributed by atoms with E-state index < -0.39 is 0 Å². The van der Waals surface area contributed by atoms with Crippen LogP contribution in [0.15, 0.2) is 0 Å². The number of nitrogens with two attached hydrogens (primary N) is 1. The van der Waals surface area contributed by atoms with E-state index in [-0.39, 0.29) is 11.9 Å². The van der Waals surface area contributed by atoms with Gasteiger partial charge in [0.15, 0.2) is 0 Å². The Morgan fingerprint density at radius 2 is 2.27 bits per heavy atom. The van der Waals surface area contributed by atoms with Gasteiger partial charge in [-0.15, -0.1) is 0 Å². The van der Waals surface area contributed by atoms with Crippen molar-refractivity contribution in [1.82, 2.24) is 4.90 Å². The van der Waals surface area contributed by atoms with Gasteiger partial charge in [-0.25, -0.2) is 0 Å². The smallest absolute Gasteiger partial charge is 0.239 e. The third-order valence-electron chi connectivity index (χ3n) is 3.36. The van der Waals surface area contributed by atoms with Crippen LogP contribution in [0.4, 0.5) is 0 Å². The summed E-state index contributed by atoms with van der Waals surface area (Å²) in [6.07, 6.45) is 5.75. The molecule has 3 nitrogen and oxygen atoms in total. The van der Waals surface area contributed by atoms with Gasteiger partial charge >= 0.3 is 0 Å². The fraction of sp³-hybridized carbons (Fsp3) is 0.917. The van der Waals surface area contributed by atoms with Crippen molar-refractivity contribution in [2.75, 3.05) is 13.1 Å². The van der Waals surface area contributed by atoms with Gasteiger partial charge in [0.25, 0.3) is 0 Å². The van der Waals surface area contributed by atoms with E-state index in [0.29, 0.717) is 5.92 Å². The summed E-state index contributed by atoms with van der Waals surface area (Å²) in [6.45, 7) is 6.20. The molecule has 1 aliphatic rings. The lowest BCUT2D eigenvalue weighted by molar-refractivity contribution is -0.129. The highest BCUT2D eigenvalue weighted by atomic mass is 16.2. The molecule has 3 heteroatoms. The third kappa shape index (κ3) is 3.49. The highest BCUT2D eigenvalue weighted by Crippen LogP contribution is 2.18. The number of nitrogens with zero attached hydrogens (tertiary/aromatic N) is 1. The van der Waals surface area contributed by atoms with Crippen LogP contribution in [-0.2, 0) is 4.79 Å². The van der Waals surface area contributed by atoms with Crippen molar-refractivity contribution < 1.29 is 4.79 Å². The Kier molecular flexibility index (Phi) is 5.09. The lowest BCUT2D eigenvalue weighted by Gasteiger charge is -2.22. The van der Waals surface area contributed by atoms with Gasteiger partial charge in [0.05, 0.1) is 6.04 Å². The van der Waals surface area contributed by atoms with Crippen molar-refractivity contribution in [2.45, 2.75) is 52.0 Å². The number of hydrogen-bond acceptors (Lipinski definition) is 2. The minimum Gasteiger partial charge on any atom is -0.341 e. The molecule has 1 rings (SSSR count). The summed E-state index contributed by atoms with van der Waals surface area (Å²) in [6, 6.07) is -0.228. The van der Waals surface area contributed by atoms with Crippen molar-refractivity contribution >= 4 is 5.91 Å². The molecule has 1 heterocycles. The van der Waals surface area contributed by atoms with Crippen molar-refractivity contribution in [3.8, 4) is 0 Å². The van der Waals surface area contributed by atoms with Gasteiger partial charge in [0.2, 0.25) is 5.91 Å². The summed E-state index contributed by atoms with van der Waals surface area (Å²) in [5.41, 5.74) is 5.69. The molecule has 0 spiro atoms. The number of rotatable bonds is 6. The van der Waals surface area contributed by atoms with E-state index in [1.165, 1.54) is 25.7 Å². The molecule has 0 radical (unpaired) electrons. The Morgan fingerprint density at radius 3 is 2.73 bits per heavy atom. The summed E-state index contributed by atoms with van der Waals surface area (Å²) in [5.74, 6) is 0.823. The van der Waals surface area contributed by atoms with E-state index in [1.54, 1.807) is 0 Å². The highest BCUT2D eigenvalue weighted by Gasteiger charge is 2.29. The van der Waals surface area contributed by atoms with Gasteiger partial charge in [0.1, 0.15) is 0 Å². The maximum atomic E-state index is 11.6. The number of carbonyl (C=O) groups excluding carboxylic acids is 1. The Morgan fingerprint density at radius 1 is 1.53 bits per heavy atom. The summed E-state index contributed by atoms with van der Waals surface area (Å²) in [7, 11) is 0. The summed E-state index contributed by atoms with van der Waals surface area (Å²) in [4.78, 5) is 13.6. The molecule has 1 saturated heterocycles. The van der Waals surface area contributed by atoms with E-state index in [2.05, 4.69) is 13.8 Å². The van der Waals surface area contributed by atoms with Crippen molar-refractivity contribution in [1.29, 1.82) is 0 Å². The first-order valence-electron chi connectivity index (χ1n) is 6.23. The molecule has 2 N–H and O–H groups in total. The molecule has 0 aromatic carbocycles. The molecule has 0 aromatic rings. The van der Waals surface area contributed by atoms with Crippen LogP contribution in [0.5, 0.6) is 0 Å². The molecule has 0 aromatic heterocycles. The topological polar surface area (TPSA) is 46.3 Å². The van der Waals surface area contributed by atoms with Crippen molar-refractivity contribution in [3.63, 3.8) is 0 Å². The molecular weight excluding hydrogens is 188 g/mol. The first-order chi connectivity index (χ1) is 7.19. The molecule has 15 heavy (non-hydrogen) atoms. The van der Waals surface area contributed by atoms with Crippen LogP contribution in [0, 0.1) is 5.92 Å². The molecule has 88 valence electrons. The SMILES string of the molecule is CCCCC(CC)CN1CCC(N)C1=O. The second kappa shape index (κ2) is 6.11. The second-order valence-electron chi connectivity index (χ2n) is 4.60. The quantitative estimate of drug-likeness (QED) is 0.729. The molecule has 0 bridgehead atoms. The van der Waals surface area contributed by atoms with E-state index >= 15 is 0 Å². The van der Waals surface area contributed by atoms with Crippen LogP contribution in [0.25, 0.3) is 0 Å². The predicted octanol–water partition coefficient (Wildman–Crippen LogP) is 1.76. The van der Waals surface area contributed by atoms with Gasteiger partial charge in [-0.2, -0.15) is 0 Å². The molecule has 0 saturated carbocycles. The third-order valence-corrected chi connectivity index (χ3v) is 3.36. The molecule has 2 atom stereocenters. The molecule has 1 aliphatic heterocycles. The molecule has 0 aliphatic carbocycles. The maximum Gasteiger partial charge on any atom is 0.239 e. The Hall–Kier alpha value is -0.570. The summed E-state index contributed by atoms with van der Waals surface area (Å²) >= 11 is 0. The van der Waals surface area contributed by atoms with Gasteiger partial charge in [-0.1, -0.05) is 33.1 Å². The van der Waals surface area contributed by atoms with Gasteiger partial charge < -0.3 is 10.6 Å². The lowest BCUT2D eigenvalue weighted by Crippen LogP contribution is -2.36. The molecule has 2 unspecified atom stereocenters. The number of hydrogen-bond donors (Lipinski definition) is 1. The summed E-state index contributed by atoms with van der Waals surface area (Å²) in [5, 5.41) is 0. The fourth-order valence-electron chi connectivity index (χ4n) is 2.17. The number of unbranched alkanes of at least 4 members (excludes halogenated alkanes) is 1. The van der Waals surface area contributed by atoms with Crippen LogP contribution in [0.3, 0.4) is 0 Å². The van der Waals surface area contributed by atoms with Crippen LogP contribution >= 0.6 is 0 Å². The van der Waals surface area contributed by atoms with E-state index in [1.807, 2.05) is 4.90 Å². The minimum absolute atomic E-state index is 0.157. The maximum absolute atomic E-state index is 11.6. The van der Waals surface area contributed by atoms with Crippen molar-refractivity contribution in [2.24, 2.45) is 11.7 Å². The first-order valence-corrected chi connectivity index (χ1v) is 6.23. The first kappa shape index (κ1) is 12.5. The fourth-order valence-corrected chi connectivity index (χ4v) is 2.17. The van der Waals surface area contributed by atoms with Crippen molar-refractivity contribution in [3.05, 3.63) is 0 Å². The average Bonchev–Trinajstić information content (AvgIpc) is 2.55. The van der Waals surface area contributed by atoms with Crippen LogP contribution < -0.4 is 5.73 Å². The van der Waals surface area contributed by atoms with Gasteiger partial charge in [0, 0.05) is 13.1 Å². The molecular formula is C12H24N2O. The van der Waals surface area contributed by atoms with E-state index in [9.17, 15) is 4.79 Å². The standard InChI is InChI=1S/C12H24N2O/c1-3-5-6-10(4-2)9-14-8-7-11(13)12(14)15/h10-11H,3-9,13H2,1-2H3. The Labute approximate surface area is 93.0 Å². The Balaban J connectivity index is 2.35. The predicted molar refractivity (Wildman–Crippen MR) is 62.5 cm³/mol. The zero-order valence-corrected chi connectivity index (χ0v) is 10.0. The number of amides is 1. The largest absolute Gasteiger partial charge is 0.341 e. The zero-order valence-electron chi connectivity index (χ0n) is 10.0. The monoisotopic (exact) mass is 212 g/mol. The van der Waals surface area contributed by atoms with E-state index in [0.717, 1.165) is 19.5 Å². The Bertz CT molecular complexity index is 206. The van der Waals surface area contributed by atoms with E-state index in [4.69, 9.17) is 5.73 Å². The molecule has 1 fully saturated rings. The zero-order chi connectivity index (χ0) is 11.3. The highest BCUT2D eigenvalue weighted by molar-refractivity contribution is 5.83. The average molecular weight is 212 g/mol. The lowest BCUT2D eigenvalue weighted by atomic mass is 9.99. The van der Waals surface area contributed by atoms with Crippen LogP contribution in [-0.4, -0.2) is 29.9 Å². The minimum atomic E-state index is -0.228. The second-order valence-corrected chi connectivity index (χ2v) is 4.60. The normalized spacial score (nSPS) is 23.5. The van der Waals surface area contributed by atoms with Gasteiger partial charge in [-0.05, 0) is 18.8 Å². The summed E-state index contributed by atoms with van der Waals surface area (Å²) < 4.78 is 0. The molecule has 1 amide bonds. The van der Waals surface area contributed by atoms with Gasteiger partial charge in [-0.3, -0.25) is 4.79 Å².